The molecule has 0 heterocycles. The predicted octanol–water partition coefficient (Wildman–Crippen LogP) is 3.17. The van der Waals surface area contributed by atoms with Gasteiger partial charge in [0, 0.05) is 20.1 Å². The quantitative estimate of drug-likeness (QED) is 0.566. The molecule has 0 aromatic carbocycles. The van der Waals surface area contributed by atoms with Crippen LogP contribution >= 0.6 is 0 Å². The minimum atomic E-state index is -0.169. The SMILES string of the molecule is COCCCC(=O)OC1(C)C2CC3CC(C2)CC1C3. The third-order valence-corrected chi connectivity index (χ3v) is 5.82. The summed E-state index contributed by atoms with van der Waals surface area (Å²) in [7, 11) is 1.67. The molecule has 4 aliphatic carbocycles. The Balaban J connectivity index is 1.61. The van der Waals surface area contributed by atoms with Crippen LogP contribution in [0.4, 0.5) is 0 Å². The lowest BCUT2D eigenvalue weighted by Gasteiger charge is -2.59. The standard InChI is InChI=1S/C16H26O3/c1-16(19-15(17)4-3-5-18-2)13-7-11-6-12(9-13)10-14(16)8-11/h11-14H,3-10H2,1-2H3. The maximum atomic E-state index is 12.0. The summed E-state index contributed by atoms with van der Waals surface area (Å²) in [5, 5.41) is 0. The normalized spacial score (nSPS) is 43.5. The summed E-state index contributed by atoms with van der Waals surface area (Å²) in [6.45, 7) is 2.84. The minimum absolute atomic E-state index is 0.0213. The summed E-state index contributed by atoms with van der Waals surface area (Å²) in [6.07, 6.45) is 7.85. The fourth-order valence-corrected chi connectivity index (χ4v) is 4.94. The first-order chi connectivity index (χ1) is 9.11. The Kier molecular flexibility index (Phi) is 3.59. The highest BCUT2D eigenvalue weighted by Gasteiger charge is 2.56. The number of rotatable bonds is 5. The fourth-order valence-electron chi connectivity index (χ4n) is 4.94. The molecule has 4 bridgehead atoms. The van der Waals surface area contributed by atoms with Crippen molar-refractivity contribution in [2.45, 2.75) is 57.5 Å². The molecule has 0 aliphatic heterocycles. The summed E-state index contributed by atoms with van der Waals surface area (Å²) in [4.78, 5) is 12.0. The van der Waals surface area contributed by atoms with Gasteiger partial charge in [-0.3, -0.25) is 4.79 Å². The van der Waals surface area contributed by atoms with Crippen molar-refractivity contribution < 1.29 is 14.3 Å². The van der Waals surface area contributed by atoms with Crippen LogP contribution in [0.15, 0.2) is 0 Å². The average Bonchev–Trinajstić information content (AvgIpc) is 2.35. The molecule has 108 valence electrons. The highest BCUT2D eigenvalue weighted by molar-refractivity contribution is 5.70. The van der Waals surface area contributed by atoms with Crippen molar-refractivity contribution >= 4 is 5.97 Å². The summed E-state index contributed by atoms with van der Waals surface area (Å²) in [5.41, 5.74) is -0.169. The van der Waals surface area contributed by atoms with Crippen LogP contribution in [0, 0.1) is 23.7 Å². The Bertz CT molecular complexity index is 322. The first-order valence-electron chi connectivity index (χ1n) is 7.82. The molecule has 0 saturated heterocycles. The van der Waals surface area contributed by atoms with Crippen molar-refractivity contribution in [3.63, 3.8) is 0 Å². The van der Waals surface area contributed by atoms with Crippen LogP contribution in [-0.4, -0.2) is 25.3 Å². The zero-order valence-electron chi connectivity index (χ0n) is 12.2. The van der Waals surface area contributed by atoms with Crippen LogP contribution in [0.25, 0.3) is 0 Å². The van der Waals surface area contributed by atoms with Gasteiger partial charge in [0.1, 0.15) is 5.60 Å². The van der Waals surface area contributed by atoms with Gasteiger partial charge in [-0.15, -0.1) is 0 Å². The van der Waals surface area contributed by atoms with Gasteiger partial charge in [-0.05, 0) is 69.1 Å². The molecular formula is C16H26O3. The highest BCUT2D eigenvalue weighted by Crippen LogP contribution is 2.59. The summed E-state index contributed by atoms with van der Waals surface area (Å²) in [5.74, 6) is 3.06. The monoisotopic (exact) mass is 266 g/mol. The molecule has 0 spiro atoms. The molecule has 4 saturated carbocycles. The molecule has 0 amide bonds. The van der Waals surface area contributed by atoms with Crippen molar-refractivity contribution in [2.75, 3.05) is 13.7 Å². The molecule has 19 heavy (non-hydrogen) atoms. The van der Waals surface area contributed by atoms with Gasteiger partial charge in [-0.1, -0.05) is 0 Å². The first-order valence-corrected chi connectivity index (χ1v) is 7.82. The molecule has 0 aromatic heterocycles. The Morgan fingerprint density at radius 1 is 1.11 bits per heavy atom. The predicted molar refractivity (Wildman–Crippen MR) is 72.7 cm³/mol. The maximum Gasteiger partial charge on any atom is 0.306 e. The number of carbonyl (C=O) groups is 1. The van der Waals surface area contributed by atoms with E-state index in [0.29, 0.717) is 24.9 Å². The number of carbonyl (C=O) groups excluding carboxylic acids is 1. The van der Waals surface area contributed by atoms with Crippen molar-refractivity contribution in [2.24, 2.45) is 23.7 Å². The van der Waals surface area contributed by atoms with Gasteiger partial charge in [0.15, 0.2) is 0 Å². The smallest absolute Gasteiger partial charge is 0.306 e. The third-order valence-electron chi connectivity index (χ3n) is 5.82. The van der Waals surface area contributed by atoms with Crippen molar-refractivity contribution in [3.8, 4) is 0 Å². The second-order valence-electron chi connectivity index (χ2n) is 7.06. The van der Waals surface area contributed by atoms with Crippen molar-refractivity contribution in [1.82, 2.24) is 0 Å². The van der Waals surface area contributed by atoms with Gasteiger partial charge in [0.25, 0.3) is 0 Å². The van der Waals surface area contributed by atoms with Gasteiger partial charge in [-0.25, -0.2) is 0 Å². The molecule has 0 aromatic rings. The minimum Gasteiger partial charge on any atom is -0.459 e. The van der Waals surface area contributed by atoms with Crippen LogP contribution in [0.5, 0.6) is 0 Å². The largest absolute Gasteiger partial charge is 0.459 e. The topological polar surface area (TPSA) is 35.5 Å². The van der Waals surface area contributed by atoms with Gasteiger partial charge in [0.05, 0.1) is 0 Å². The fraction of sp³-hybridized carbons (Fsp3) is 0.938. The van der Waals surface area contributed by atoms with E-state index in [1.54, 1.807) is 7.11 Å². The molecule has 0 unspecified atom stereocenters. The van der Waals surface area contributed by atoms with E-state index >= 15 is 0 Å². The summed E-state index contributed by atoms with van der Waals surface area (Å²) < 4.78 is 11.0. The van der Waals surface area contributed by atoms with E-state index < -0.39 is 0 Å². The zero-order chi connectivity index (χ0) is 13.5. The van der Waals surface area contributed by atoms with Crippen molar-refractivity contribution in [1.29, 1.82) is 0 Å². The molecule has 3 nitrogen and oxygen atoms in total. The molecule has 0 atom stereocenters. The summed E-state index contributed by atoms with van der Waals surface area (Å²) in [6, 6.07) is 0. The van der Waals surface area contributed by atoms with E-state index in [-0.39, 0.29) is 11.6 Å². The van der Waals surface area contributed by atoms with Gasteiger partial charge >= 0.3 is 5.97 Å². The number of ether oxygens (including phenoxy) is 2. The number of hydrogen-bond donors (Lipinski definition) is 0. The van der Waals surface area contributed by atoms with E-state index in [1.165, 1.54) is 32.1 Å². The van der Waals surface area contributed by atoms with Crippen molar-refractivity contribution in [3.05, 3.63) is 0 Å². The molecular weight excluding hydrogens is 240 g/mol. The van der Waals surface area contributed by atoms with E-state index in [2.05, 4.69) is 6.92 Å². The van der Waals surface area contributed by atoms with Gasteiger partial charge < -0.3 is 9.47 Å². The first kappa shape index (κ1) is 13.4. The van der Waals surface area contributed by atoms with E-state index in [4.69, 9.17) is 9.47 Å². The molecule has 4 fully saturated rings. The van der Waals surface area contributed by atoms with Crippen LogP contribution < -0.4 is 0 Å². The summed E-state index contributed by atoms with van der Waals surface area (Å²) >= 11 is 0. The molecule has 0 radical (unpaired) electrons. The highest BCUT2D eigenvalue weighted by atomic mass is 16.6. The maximum absolute atomic E-state index is 12.0. The molecule has 4 rings (SSSR count). The second-order valence-corrected chi connectivity index (χ2v) is 7.06. The Hall–Kier alpha value is -0.570. The van der Waals surface area contributed by atoms with E-state index in [0.717, 1.165) is 18.3 Å². The molecule has 4 aliphatic rings. The molecule has 0 N–H and O–H groups in total. The number of esters is 1. The van der Waals surface area contributed by atoms with Crippen LogP contribution in [0.2, 0.25) is 0 Å². The van der Waals surface area contributed by atoms with E-state index in [1.807, 2.05) is 0 Å². The lowest BCUT2D eigenvalue weighted by Crippen LogP contribution is -2.58. The third kappa shape index (κ3) is 2.42. The number of methoxy groups -OCH3 is 1. The Labute approximate surface area is 116 Å². The second kappa shape index (κ2) is 5.08. The van der Waals surface area contributed by atoms with Crippen LogP contribution in [-0.2, 0) is 14.3 Å². The lowest BCUT2D eigenvalue weighted by atomic mass is 9.50. The molecule has 3 heteroatoms. The Morgan fingerprint density at radius 2 is 1.68 bits per heavy atom. The van der Waals surface area contributed by atoms with Crippen LogP contribution in [0.3, 0.4) is 0 Å². The number of hydrogen-bond acceptors (Lipinski definition) is 3. The van der Waals surface area contributed by atoms with Gasteiger partial charge in [0.2, 0.25) is 0 Å². The Morgan fingerprint density at radius 3 is 2.21 bits per heavy atom. The average molecular weight is 266 g/mol. The van der Waals surface area contributed by atoms with Crippen LogP contribution in [0.1, 0.15) is 51.9 Å². The van der Waals surface area contributed by atoms with E-state index in [9.17, 15) is 4.79 Å². The zero-order valence-corrected chi connectivity index (χ0v) is 12.2. The lowest BCUT2D eigenvalue weighted by molar-refractivity contribution is -0.203. The van der Waals surface area contributed by atoms with Gasteiger partial charge in [-0.2, -0.15) is 0 Å².